The minimum Gasteiger partial charge on any atom is -0.349 e. The maximum absolute atomic E-state index is 13.1. The van der Waals surface area contributed by atoms with Crippen LogP contribution in [-0.2, 0) is 9.84 Å². The number of ketones is 1. The Morgan fingerprint density at radius 3 is 2.28 bits per heavy atom. The molecule has 7 nitrogen and oxygen atoms in total. The van der Waals surface area contributed by atoms with E-state index in [4.69, 9.17) is 0 Å². The summed E-state index contributed by atoms with van der Waals surface area (Å²) in [6, 6.07) is 16.7. The minimum absolute atomic E-state index is 0.0407. The van der Waals surface area contributed by atoms with E-state index in [1.54, 1.807) is 36.4 Å². The Hall–Kier alpha value is -3.78. The zero-order chi connectivity index (χ0) is 22.5. The van der Waals surface area contributed by atoms with Gasteiger partial charge in [-0.15, -0.1) is 0 Å². The van der Waals surface area contributed by atoms with E-state index in [2.05, 4.69) is 10.6 Å². The van der Waals surface area contributed by atoms with Crippen LogP contribution in [0.15, 0.2) is 76.5 Å². The zero-order valence-corrected chi connectivity index (χ0v) is 17.6. The van der Waals surface area contributed by atoms with Crippen LogP contribution in [0.2, 0.25) is 0 Å². The van der Waals surface area contributed by atoms with E-state index < -0.39 is 21.5 Å². The van der Waals surface area contributed by atoms with Gasteiger partial charge in [-0.25, -0.2) is 8.42 Å². The minimum atomic E-state index is -3.94. The van der Waals surface area contributed by atoms with Crippen molar-refractivity contribution in [1.82, 2.24) is 5.32 Å². The number of fused-ring (bicyclic) bond motifs is 2. The summed E-state index contributed by atoms with van der Waals surface area (Å²) in [5.74, 6) is -1.15. The van der Waals surface area contributed by atoms with Crippen LogP contribution in [0.5, 0.6) is 0 Å². The topological polar surface area (TPSA) is 109 Å². The van der Waals surface area contributed by atoms with Crippen molar-refractivity contribution in [2.24, 2.45) is 0 Å². The predicted molar refractivity (Wildman–Crippen MR) is 117 cm³/mol. The van der Waals surface area contributed by atoms with Crippen LogP contribution in [-0.4, -0.2) is 32.1 Å². The third-order valence-electron chi connectivity index (χ3n) is 5.49. The molecule has 32 heavy (non-hydrogen) atoms. The standard InChI is InChI=1S/C24H18N2O5S/c27-22-18-6-1-2-7-20(18)32(30,31)21-13-15(8-11-19(21)22)24(29)26-17-5-3-4-14(12-17)23(28)25-16-9-10-16/h1-8,11-13,16H,9-10H2,(H,25,28)(H,26,29). The third kappa shape index (κ3) is 3.48. The molecule has 0 aromatic heterocycles. The first kappa shape index (κ1) is 20.1. The van der Waals surface area contributed by atoms with Crippen molar-refractivity contribution < 1.29 is 22.8 Å². The number of nitrogens with one attached hydrogen (secondary N) is 2. The first-order valence-electron chi connectivity index (χ1n) is 10.1. The van der Waals surface area contributed by atoms with Crippen LogP contribution < -0.4 is 10.6 Å². The monoisotopic (exact) mass is 446 g/mol. The normalized spacial score (nSPS) is 15.9. The number of hydrogen-bond acceptors (Lipinski definition) is 5. The molecule has 5 rings (SSSR count). The number of anilines is 1. The molecule has 2 N–H and O–H groups in total. The molecule has 0 spiro atoms. The zero-order valence-electron chi connectivity index (χ0n) is 16.8. The van der Waals surface area contributed by atoms with Crippen molar-refractivity contribution in [2.75, 3.05) is 5.32 Å². The van der Waals surface area contributed by atoms with Crippen LogP contribution in [0.25, 0.3) is 0 Å². The first-order valence-corrected chi connectivity index (χ1v) is 11.6. The second kappa shape index (κ2) is 7.42. The highest BCUT2D eigenvalue weighted by Gasteiger charge is 2.35. The van der Waals surface area contributed by atoms with Gasteiger partial charge >= 0.3 is 0 Å². The second-order valence-electron chi connectivity index (χ2n) is 7.82. The van der Waals surface area contributed by atoms with Crippen molar-refractivity contribution in [3.63, 3.8) is 0 Å². The molecule has 1 fully saturated rings. The summed E-state index contributed by atoms with van der Waals surface area (Å²) < 4.78 is 26.1. The molecule has 2 amide bonds. The van der Waals surface area contributed by atoms with Crippen LogP contribution in [0.4, 0.5) is 5.69 Å². The first-order chi connectivity index (χ1) is 15.3. The molecule has 1 heterocycles. The Bertz CT molecular complexity index is 1410. The van der Waals surface area contributed by atoms with Crippen molar-refractivity contribution in [2.45, 2.75) is 28.7 Å². The number of rotatable bonds is 4. The van der Waals surface area contributed by atoms with Gasteiger partial charge in [0.1, 0.15) is 0 Å². The SMILES string of the molecule is O=C(Nc1cccc(C(=O)NC2CC2)c1)c1ccc2c(c1)S(=O)(=O)c1ccccc1C2=O. The Morgan fingerprint density at radius 2 is 1.50 bits per heavy atom. The fraction of sp³-hybridized carbons (Fsp3) is 0.125. The summed E-state index contributed by atoms with van der Waals surface area (Å²) in [6.45, 7) is 0. The highest BCUT2D eigenvalue weighted by molar-refractivity contribution is 7.91. The Balaban J connectivity index is 1.43. The van der Waals surface area contributed by atoms with E-state index in [9.17, 15) is 22.8 Å². The summed E-state index contributed by atoms with van der Waals surface area (Å²) in [5.41, 5.74) is 1.08. The number of benzene rings is 3. The van der Waals surface area contributed by atoms with Crippen molar-refractivity contribution >= 4 is 33.1 Å². The van der Waals surface area contributed by atoms with Gasteiger partial charge in [-0.1, -0.05) is 18.2 Å². The van der Waals surface area contributed by atoms with Gasteiger partial charge in [0, 0.05) is 34.0 Å². The Kier molecular flexibility index (Phi) is 4.67. The number of carbonyl (C=O) groups is 3. The van der Waals surface area contributed by atoms with Gasteiger partial charge in [0.05, 0.1) is 9.79 Å². The number of carbonyl (C=O) groups excluding carboxylic acids is 3. The molecule has 0 radical (unpaired) electrons. The van der Waals surface area contributed by atoms with E-state index in [-0.39, 0.29) is 38.4 Å². The quantitative estimate of drug-likeness (QED) is 0.500. The molecule has 0 atom stereocenters. The molecular weight excluding hydrogens is 428 g/mol. The summed E-state index contributed by atoms with van der Waals surface area (Å²) >= 11 is 0. The Labute approximate surface area is 184 Å². The van der Waals surface area contributed by atoms with Crippen LogP contribution >= 0.6 is 0 Å². The van der Waals surface area contributed by atoms with Crippen molar-refractivity contribution in [1.29, 1.82) is 0 Å². The fourth-order valence-electron chi connectivity index (χ4n) is 3.66. The molecule has 8 heteroatoms. The number of sulfone groups is 1. The van der Waals surface area contributed by atoms with Crippen LogP contribution in [0.1, 0.15) is 49.5 Å². The summed E-state index contributed by atoms with van der Waals surface area (Å²) in [4.78, 5) is 37.6. The van der Waals surface area contributed by atoms with E-state index in [1.807, 2.05) is 0 Å². The molecule has 1 aliphatic carbocycles. The average Bonchev–Trinajstić information content (AvgIpc) is 3.61. The number of amides is 2. The molecule has 2 aliphatic rings. The van der Waals surface area contributed by atoms with E-state index >= 15 is 0 Å². The van der Waals surface area contributed by atoms with Gasteiger partial charge in [-0.3, -0.25) is 14.4 Å². The molecular formula is C24H18N2O5S. The van der Waals surface area contributed by atoms with Crippen LogP contribution in [0.3, 0.4) is 0 Å². The maximum atomic E-state index is 13.1. The van der Waals surface area contributed by atoms with Gasteiger partial charge in [0.25, 0.3) is 11.8 Å². The van der Waals surface area contributed by atoms with Crippen molar-refractivity contribution in [3.05, 3.63) is 89.0 Å². The molecule has 0 saturated heterocycles. The van der Waals surface area contributed by atoms with Crippen LogP contribution in [0, 0.1) is 0 Å². The smallest absolute Gasteiger partial charge is 0.255 e. The van der Waals surface area contributed by atoms with Crippen molar-refractivity contribution in [3.8, 4) is 0 Å². The molecule has 0 unspecified atom stereocenters. The summed E-state index contributed by atoms with van der Waals surface area (Å²) in [5, 5.41) is 5.58. The fourth-order valence-corrected chi connectivity index (χ4v) is 5.34. The lowest BCUT2D eigenvalue weighted by Gasteiger charge is -2.19. The molecule has 160 valence electrons. The van der Waals surface area contributed by atoms with Gasteiger partial charge < -0.3 is 10.6 Å². The molecule has 3 aromatic carbocycles. The third-order valence-corrected chi connectivity index (χ3v) is 7.35. The molecule has 1 aliphatic heterocycles. The highest BCUT2D eigenvalue weighted by Crippen LogP contribution is 2.34. The lowest BCUT2D eigenvalue weighted by Crippen LogP contribution is -2.25. The maximum Gasteiger partial charge on any atom is 0.255 e. The second-order valence-corrected chi connectivity index (χ2v) is 9.71. The predicted octanol–water partition coefficient (Wildman–Crippen LogP) is 3.21. The molecule has 1 saturated carbocycles. The van der Waals surface area contributed by atoms with Gasteiger partial charge in [0.2, 0.25) is 9.84 Å². The van der Waals surface area contributed by atoms with E-state index in [1.165, 1.54) is 30.3 Å². The molecule has 0 bridgehead atoms. The lowest BCUT2D eigenvalue weighted by atomic mass is 10.0. The van der Waals surface area contributed by atoms with Gasteiger partial charge in [0.15, 0.2) is 5.78 Å². The lowest BCUT2D eigenvalue weighted by molar-refractivity contribution is 0.0949. The van der Waals surface area contributed by atoms with E-state index in [0.717, 1.165) is 12.8 Å². The van der Waals surface area contributed by atoms with Gasteiger partial charge in [-0.2, -0.15) is 0 Å². The highest BCUT2D eigenvalue weighted by atomic mass is 32.2. The van der Waals surface area contributed by atoms with E-state index in [0.29, 0.717) is 11.3 Å². The largest absolute Gasteiger partial charge is 0.349 e. The summed E-state index contributed by atoms with van der Waals surface area (Å²) in [6.07, 6.45) is 1.94. The molecule has 3 aromatic rings. The van der Waals surface area contributed by atoms with Gasteiger partial charge in [-0.05, 0) is 61.4 Å². The summed E-state index contributed by atoms with van der Waals surface area (Å²) in [7, 11) is -3.94. The Morgan fingerprint density at radius 1 is 0.781 bits per heavy atom. The average molecular weight is 446 g/mol. The number of hydrogen-bond donors (Lipinski definition) is 2.